The molecule has 0 saturated carbocycles. The zero-order chi connectivity index (χ0) is 16.0. The smallest absolute Gasteiger partial charge is 0.538 e. The molecule has 0 radical (unpaired) electrons. The van der Waals surface area contributed by atoms with Gasteiger partial charge in [0, 0.05) is 0 Å². The van der Waals surface area contributed by atoms with Gasteiger partial charge in [0.25, 0.3) is 0 Å². The average Bonchev–Trinajstić information content (AvgIpc) is 2.57. The SMILES string of the molecule is C[P+](Oc1ccccc1)(Oc1ccccc1)Oc1ccccc1.[Br-]. The van der Waals surface area contributed by atoms with Crippen molar-refractivity contribution in [3.63, 3.8) is 0 Å². The van der Waals surface area contributed by atoms with Gasteiger partial charge in [-0.3, -0.25) is 13.6 Å². The normalized spacial score (nSPS) is 10.4. The summed E-state index contributed by atoms with van der Waals surface area (Å²) in [4.78, 5) is 0. The first-order valence-corrected chi connectivity index (χ1v) is 9.33. The highest BCUT2D eigenvalue weighted by Crippen LogP contribution is 2.57. The summed E-state index contributed by atoms with van der Waals surface area (Å²) in [6.07, 6.45) is 0. The number of halogens is 1. The molecule has 3 aromatic carbocycles. The second-order valence-electron chi connectivity index (χ2n) is 4.98. The van der Waals surface area contributed by atoms with E-state index in [0.717, 1.165) is 17.2 Å². The van der Waals surface area contributed by atoms with E-state index in [2.05, 4.69) is 0 Å². The van der Waals surface area contributed by atoms with Crippen LogP contribution in [0.2, 0.25) is 0 Å². The summed E-state index contributed by atoms with van der Waals surface area (Å²) in [6, 6.07) is 28.7. The van der Waals surface area contributed by atoms with Crippen LogP contribution in [0, 0.1) is 0 Å². The third kappa shape index (κ3) is 5.26. The van der Waals surface area contributed by atoms with Crippen molar-refractivity contribution < 1.29 is 30.6 Å². The minimum Gasteiger partial charge on any atom is -1.00 e. The van der Waals surface area contributed by atoms with Crippen LogP contribution in [-0.4, -0.2) is 6.66 Å². The largest absolute Gasteiger partial charge is 1.00 e. The fourth-order valence-electron chi connectivity index (χ4n) is 2.07. The lowest BCUT2D eigenvalue weighted by molar-refractivity contribution is -0.00000764. The van der Waals surface area contributed by atoms with E-state index in [4.69, 9.17) is 13.6 Å². The molecule has 0 amide bonds. The molecular formula is C19H18BrO3P. The molecule has 0 spiro atoms. The first kappa shape index (κ1) is 18.3. The first-order valence-electron chi connectivity index (χ1n) is 7.34. The van der Waals surface area contributed by atoms with Crippen molar-refractivity contribution >= 4 is 7.94 Å². The number of hydrogen-bond donors (Lipinski definition) is 0. The standard InChI is InChI=1S/C19H18O3P.BrH/c1-23(20-17-11-5-2-6-12-17,21-18-13-7-3-8-14-18)22-19-15-9-4-10-16-19;/h2-16H,1H3;1H/q+1;/p-1. The molecule has 3 rings (SSSR count). The Bertz CT molecular complexity index is 622. The van der Waals surface area contributed by atoms with Crippen LogP contribution < -0.4 is 30.6 Å². The summed E-state index contributed by atoms with van der Waals surface area (Å²) in [6.45, 7) is 1.86. The molecule has 5 heteroatoms. The van der Waals surface area contributed by atoms with Gasteiger partial charge in [-0.25, -0.2) is 0 Å². The molecule has 0 unspecified atom stereocenters. The number of rotatable bonds is 6. The van der Waals surface area contributed by atoms with E-state index in [1.54, 1.807) is 0 Å². The average molecular weight is 405 g/mol. The second kappa shape index (κ2) is 8.72. The molecule has 0 atom stereocenters. The molecule has 124 valence electrons. The summed E-state index contributed by atoms with van der Waals surface area (Å²) in [5.41, 5.74) is 0. The van der Waals surface area contributed by atoms with Crippen molar-refractivity contribution in [2.24, 2.45) is 0 Å². The summed E-state index contributed by atoms with van der Waals surface area (Å²) in [5, 5.41) is 0. The summed E-state index contributed by atoms with van der Waals surface area (Å²) in [5.74, 6) is 2.15. The fourth-order valence-corrected chi connectivity index (χ4v) is 3.70. The zero-order valence-corrected chi connectivity index (χ0v) is 15.7. The number of benzene rings is 3. The summed E-state index contributed by atoms with van der Waals surface area (Å²) in [7, 11) is -2.64. The van der Waals surface area contributed by atoms with E-state index < -0.39 is 7.94 Å². The predicted molar refractivity (Wildman–Crippen MR) is 94.1 cm³/mol. The van der Waals surface area contributed by atoms with E-state index in [0.29, 0.717) is 0 Å². The van der Waals surface area contributed by atoms with E-state index >= 15 is 0 Å². The minimum absolute atomic E-state index is 0. The maximum atomic E-state index is 6.08. The van der Waals surface area contributed by atoms with Gasteiger partial charge >= 0.3 is 7.94 Å². The van der Waals surface area contributed by atoms with Crippen molar-refractivity contribution in [3.05, 3.63) is 91.0 Å². The topological polar surface area (TPSA) is 27.7 Å². The lowest BCUT2D eigenvalue weighted by atomic mass is 10.3. The molecule has 0 heterocycles. The highest BCUT2D eigenvalue weighted by molar-refractivity contribution is 7.62. The lowest BCUT2D eigenvalue weighted by Crippen LogP contribution is -3.00. The molecule has 0 aromatic heterocycles. The third-order valence-corrected chi connectivity index (χ3v) is 4.67. The van der Waals surface area contributed by atoms with Gasteiger partial charge in [-0.15, -0.1) is 0 Å². The first-order chi connectivity index (χ1) is 11.2. The highest BCUT2D eigenvalue weighted by atomic mass is 79.9. The molecule has 0 N–H and O–H groups in total. The van der Waals surface area contributed by atoms with Crippen molar-refractivity contribution in [1.29, 1.82) is 0 Å². The summed E-state index contributed by atoms with van der Waals surface area (Å²) >= 11 is 0. The lowest BCUT2D eigenvalue weighted by Gasteiger charge is -2.19. The predicted octanol–water partition coefficient (Wildman–Crippen LogP) is 2.62. The Hall–Kier alpha value is -2.03. The summed E-state index contributed by atoms with van der Waals surface area (Å²) < 4.78 is 18.2. The maximum absolute atomic E-state index is 6.08. The molecule has 0 aliphatic heterocycles. The van der Waals surface area contributed by atoms with Crippen LogP contribution in [0.4, 0.5) is 0 Å². The van der Waals surface area contributed by atoms with Crippen LogP contribution in [0.25, 0.3) is 0 Å². The molecule has 0 saturated heterocycles. The van der Waals surface area contributed by atoms with Gasteiger partial charge < -0.3 is 17.0 Å². The highest BCUT2D eigenvalue weighted by Gasteiger charge is 2.43. The number of para-hydroxylation sites is 3. The Labute approximate surface area is 153 Å². The zero-order valence-electron chi connectivity index (χ0n) is 13.2. The van der Waals surface area contributed by atoms with Gasteiger partial charge in [-0.1, -0.05) is 54.6 Å². The maximum Gasteiger partial charge on any atom is 0.538 e. The molecule has 3 nitrogen and oxygen atoms in total. The van der Waals surface area contributed by atoms with Gasteiger partial charge in [0.1, 0.15) is 0 Å². The monoisotopic (exact) mass is 404 g/mol. The fraction of sp³-hybridized carbons (Fsp3) is 0.0526. The van der Waals surface area contributed by atoms with Gasteiger partial charge in [0.2, 0.25) is 0 Å². The molecule has 0 bridgehead atoms. The van der Waals surface area contributed by atoms with E-state index in [-0.39, 0.29) is 17.0 Å². The van der Waals surface area contributed by atoms with Crippen LogP contribution in [-0.2, 0) is 0 Å². The van der Waals surface area contributed by atoms with Crippen LogP contribution in [0.5, 0.6) is 17.2 Å². The van der Waals surface area contributed by atoms with Crippen LogP contribution in [0.15, 0.2) is 91.0 Å². The van der Waals surface area contributed by atoms with E-state index in [9.17, 15) is 0 Å². The molecule has 0 aliphatic rings. The Morgan fingerprint density at radius 1 is 0.500 bits per heavy atom. The molecule has 24 heavy (non-hydrogen) atoms. The third-order valence-electron chi connectivity index (χ3n) is 3.04. The molecule has 0 fully saturated rings. The second-order valence-corrected chi connectivity index (χ2v) is 7.07. The van der Waals surface area contributed by atoms with Crippen LogP contribution in [0.3, 0.4) is 0 Å². The van der Waals surface area contributed by atoms with Gasteiger partial charge in [0.05, 0.1) is 0 Å². The Balaban J connectivity index is 0.00000208. The van der Waals surface area contributed by atoms with Gasteiger partial charge in [-0.05, 0) is 36.4 Å². The van der Waals surface area contributed by atoms with Crippen molar-refractivity contribution in [1.82, 2.24) is 0 Å². The Morgan fingerprint density at radius 2 is 0.750 bits per heavy atom. The van der Waals surface area contributed by atoms with E-state index in [1.807, 2.05) is 97.7 Å². The van der Waals surface area contributed by atoms with Crippen LogP contribution >= 0.6 is 7.94 Å². The number of hydrogen-bond acceptors (Lipinski definition) is 3. The quantitative estimate of drug-likeness (QED) is 0.591. The molecule has 3 aromatic rings. The molecule has 0 aliphatic carbocycles. The Kier molecular flexibility index (Phi) is 6.65. The Morgan fingerprint density at radius 3 is 1.00 bits per heavy atom. The van der Waals surface area contributed by atoms with E-state index in [1.165, 1.54) is 0 Å². The van der Waals surface area contributed by atoms with Crippen LogP contribution in [0.1, 0.15) is 0 Å². The van der Waals surface area contributed by atoms with Gasteiger partial charge in [0.15, 0.2) is 23.9 Å². The van der Waals surface area contributed by atoms with Crippen molar-refractivity contribution in [2.45, 2.75) is 0 Å². The molecular weight excluding hydrogens is 387 g/mol. The van der Waals surface area contributed by atoms with Crippen molar-refractivity contribution in [3.8, 4) is 17.2 Å². The minimum atomic E-state index is -2.64. The van der Waals surface area contributed by atoms with Gasteiger partial charge in [-0.2, -0.15) is 0 Å². The van der Waals surface area contributed by atoms with Crippen molar-refractivity contribution in [2.75, 3.05) is 6.66 Å².